The molecular weight excluding hydrogens is 315 g/mol. The molecule has 5 heteroatoms. The highest BCUT2D eigenvalue weighted by Gasteiger charge is 2.14. The second-order valence-corrected chi connectivity index (χ2v) is 5.92. The molecule has 106 valence electrons. The molecule has 2 aromatic rings. The van der Waals surface area contributed by atoms with Gasteiger partial charge in [0.1, 0.15) is 0 Å². The summed E-state index contributed by atoms with van der Waals surface area (Å²) < 4.78 is 0. The lowest BCUT2D eigenvalue weighted by atomic mass is 9.96. The molecule has 2 aromatic carbocycles. The Kier molecular flexibility index (Phi) is 5.30. The van der Waals surface area contributed by atoms with Gasteiger partial charge in [0.2, 0.25) is 0 Å². The van der Waals surface area contributed by atoms with Crippen LogP contribution in [0, 0.1) is 6.92 Å². The maximum atomic E-state index is 6.06. The van der Waals surface area contributed by atoms with Gasteiger partial charge in [0.05, 0.1) is 16.1 Å². The topological polar surface area (TPSA) is 38.0 Å². The van der Waals surface area contributed by atoms with E-state index in [1.807, 2.05) is 37.3 Å². The van der Waals surface area contributed by atoms with Crippen molar-refractivity contribution in [3.8, 4) is 0 Å². The van der Waals surface area contributed by atoms with Crippen LogP contribution in [0.15, 0.2) is 36.4 Å². The van der Waals surface area contributed by atoms with E-state index >= 15 is 0 Å². The molecule has 20 heavy (non-hydrogen) atoms. The predicted octanol–water partition coefficient (Wildman–Crippen LogP) is 4.70. The van der Waals surface area contributed by atoms with Gasteiger partial charge in [-0.3, -0.25) is 11.3 Å². The molecule has 0 aromatic heterocycles. The number of hydrogen-bond donors (Lipinski definition) is 2. The fourth-order valence-corrected chi connectivity index (χ4v) is 2.65. The molecule has 0 bridgehead atoms. The Labute approximate surface area is 133 Å². The van der Waals surface area contributed by atoms with E-state index in [9.17, 15) is 0 Å². The molecule has 1 atom stereocenters. The number of hydrazine groups is 1. The van der Waals surface area contributed by atoms with Crippen LogP contribution < -0.4 is 11.3 Å². The summed E-state index contributed by atoms with van der Waals surface area (Å²) in [6, 6.07) is 11.3. The Bertz CT molecular complexity index is 614. The standard InChI is InChI=1S/C15H15Cl3N2/c1-9-2-4-11(16)8-12(9)15(20-19)7-10-3-5-13(17)14(18)6-10/h2-6,8,15,20H,7,19H2,1H3. The van der Waals surface area contributed by atoms with Crippen LogP contribution in [0.1, 0.15) is 22.7 Å². The van der Waals surface area contributed by atoms with Gasteiger partial charge in [0.15, 0.2) is 0 Å². The number of benzene rings is 2. The van der Waals surface area contributed by atoms with Crippen molar-refractivity contribution in [2.75, 3.05) is 0 Å². The minimum absolute atomic E-state index is 0.0362. The Morgan fingerprint density at radius 1 is 1.05 bits per heavy atom. The Balaban J connectivity index is 2.28. The summed E-state index contributed by atoms with van der Waals surface area (Å²) in [5.74, 6) is 5.69. The van der Waals surface area contributed by atoms with Crippen LogP contribution in [-0.4, -0.2) is 0 Å². The summed E-state index contributed by atoms with van der Waals surface area (Å²) in [7, 11) is 0. The van der Waals surface area contributed by atoms with Gasteiger partial charge in [0, 0.05) is 5.02 Å². The Morgan fingerprint density at radius 3 is 2.45 bits per heavy atom. The van der Waals surface area contributed by atoms with E-state index in [0.29, 0.717) is 21.5 Å². The molecule has 0 spiro atoms. The third-order valence-corrected chi connectivity index (χ3v) is 4.22. The molecule has 0 aliphatic carbocycles. The molecule has 0 heterocycles. The first-order chi connectivity index (χ1) is 9.51. The molecule has 0 aliphatic heterocycles. The van der Waals surface area contributed by atoms with E-state index in [2.05, 4.69) is 5.43 Å². The van der Waals surface area contributed by atoms with E-state index in [-0.39, 0.29) is 6.04 Å². The highest BCUT2D eigenvalue weighted by atomic mass is 35.5. The van der Waals surface area contributed by atoms with Gasteiger partial charge >= 0.3 is 0 Å². The lowest BCUT2D eigenvalue weighted by molar-refractivity contribution is 0.549. The number of halogens is 3. The van der Waals surface area contributed by atoms with Crippen LogP contribution in [0.2, 0.25) is 15.1 Å². The monoisotopic (exact) mass is 328 g/mol. The number of rotatable bonds is 4. The van der Waals surface area contributed by atoms with Gasteiger partial charge in [-0.25, -0.2) is 0 Å². The first-order valence-electron chi connectivity index (χ1n) is 6.17. The summed E-state index contributed by atoms with van der Waals surface area (Å²) in [6.07, 6.45) is 0.703. The molecule has 0 amide bonds. The minimum atomic E-state index is -0.0362. The predicted molar refractivity (Wildman–Crippen MR) is 86.4 cm³/mol. The first kappa shape index (κ1) is 15.6. The highest BCUT2D eigenvalue weighted by Crippen LogP contribution is 2.27. The molecule has 0 radical (unpaired) electrons. The zero-order valence-electron chi connectivity index (χ0n) is 11.0. The SMILES string of the molecule is Cc1ccc(Cl)cc1C(Cc1ccc(Cl)c(Cl)c1)NN. The fourth-order valence-electron chi connectivity index (χ4n) is 2.15. The molecular formula is C15H15Cl3N2. The van der Waals surface area contributed by atoms with Crippen LogP contribution in [-0.2, 0) is 6.42 Å². The smallest absolute Gasteiger partial charge is 0.0595 e. The number of nitrogens with one attached hydrogen (secondary N) is 1. The quantitative estimate of drug-likeness (QED) is 0.630. The van der Waals surface area contributed by atoms with E-state index in [4.69, 9.17) is 40.6 Å². The maximum Gasteiger partial charge on any atom is 0.0595 e. The maximum absolute atomic E-state index is 6.06. The number of nitrogens with two attached hydrogens (primary N) is 1. The van der Waals surface area contributed by atoms with Crippen LogP contribution in [0.25, 0.3) is 0 Å². The summed E-state index contributed by atoms with van der Waals surface area (Å²) in [4.78, 5) is 0. The van der Waals surface area contributed by atoms with Gasteiger partial charge in [-0.15, -0.1) is 0 Å². The summed E-state index contributed by atoms with van der Waals surface area (Å²) >= 11 is 18.0. The average Bonchev–Trinajstić information content (AvgIpc) is 2.43. The Hall–Kier alpha value is -0.770. The first-order valence-corrected chi connectivity index (χ1v) is 7.30. The van der Waals surface area contributed by atoms with Crippen molar-refractivity contribution in [3.05, 3.63) is 68.2 Å². The van der Waals surface area contributed by atoms with Crippen LogP contribution in [0.5, 0.6) is 0 Å². The molecule has 2 nitrogen and oxygen atoms in total. The second kappa shape index (κ2) is 6.79. The van der Waals surface area contributed by atoms with Crippen LogP contribution in [0.4, 0.5) is 0 Å². The van der Waals surface area contributed by atoms with Crippen molar-refractivity contribution in [1.82, 2.24) is 5.43 Å². The molecule has 1 unspecified atom stereocenters. The number of aryl methyl sites for hydroxylation is 1. The van der Waals surface area contributed by atoms with Crippen molar-refractivity contribution >= 4 is 34.8 Å². The summed E-state index contributed by atoms with van der Waals surface area (Å²) in [5, 5.41) is 1.79. The van der Waals surface area contributed by atoms with Crippen molar-refractivity contribution in [1.29, 1.82) is 0 Å². The molecule has 0 saturated heterocycles. The third-order valence-electron chi connectivity index (χ3n) is 3.24. The normalized spacial score (nSPS) is 12.4. The third kappa shape index (κ3) is 3.66. The van der Waals surface area contributed by atoms with Gasteiger partial charge in [-0.1, -0.05) is 46.9 Å². The van der Waals surface area contributed by atoms with Gasteiger partial charge in [-0.2, -0.15) is 0 Å². The van der Waals surface area contributed by atoms with Crippen molar-refractivity contribution in [2.45, 2.75) is 19.4 Å². The fraction of sp³-hybridized carbons (Fsp3) is 0.200. The summed E-state index contributed by atoms with van der Waals surface area (Å²) in [6.45, 7) is 2.03. The number of hydrogen-bond acceptors (Lipinski definition) is 2. The van der Waals surface area contributed by atoms with Gasteiger partial charge < -0.3 is 0 Å². The molecule has 3 N–H and O–H groups in total. The second-order valence-electron chi connectivity index (χ2n) is 4.67. The van der Waals surface area contributed by atoms with Gasteiger partial charge in [0.25, 0.3) is 0 Å². The minimum Gasteiger partial charge on any atom is -0.271 e. The average molecular weight is 330 g/mol. The molecule has 0 saturated carbocycles. The van der Waals surface area contributed by atoms with Crippen molar-refractivity contribution in [3.63, 3.8) is 0 Å². The van der Waals surface area contributed by atoms with Crippen molar-refractivity contribution in [2.24, 2.45) is 5.84 Å². The van der Waals surface area contributed by atoms with E-state index in [1.165, 1.54) is 0 Å². The largest absolute Gasteiger partial charge is 0.271 e. The van der Waals surface area contributed by atoms with Crippen LogP contribution in [0.3, 0.4) is 0 Å². The molecule has 2 rings (SSSR count). The Morgan fingerprint density at radius 2 is 1.80 bits per heavy atom. The van der Waals surface area contributed by atoms with Crippen LogP contribution >= 0.6 is 34.8 Å². The lowest BCUT2D eigenvalue weighted by Gasteiger charge is -2.19. The molecule has 0 aliphatic rings. The van der Waals surface area contributed by atoms with E-state index in [0.717, 1.165) is 16.7 Å². The van der Waals surface area contributed by atoms with E-state index < -0.39 is 0 Å². The van der Waals surface area contributed by atoms with Gasteiger partial charge in [-0.05, 0) is 54.3 Å². The highest BCUT2D eigenvalue weighted by molar-refractivity contribution is 6.42. The zero-order chi connectivity index (χ0) is 14.7. The zero-order valence-corrected chi connectivity index (χ0v) is 13.2. The van der Waals surface area contributed by atoms with Crippen molar-refractivity contribution < 1.29 is 0 Å². The lowest BCUT2D eigenvalue weighted by Crippen LogP contribution is -2.30. The summed E-state index contributed by atoms with van der Waals surface area (Å²) in [5.41, 5.74) is 6.10. The van der Waals surface area contributed by atoms with E-state index in [1.54, 1.807) is 6.07 Å². The molecule has 0 fully saturated rings.